The van der Waals surface area contributed by atoms with Crippen molar-refractivity contribution in [3.8, 4) is 11.5 Å². The van der Waals surface area contributed by atoms with Gasteiger partial charge in [0.15, 0.2) is 35.8 Å². The van der Waals surface area contributed by atoms with Crippen molar-refractivity contribution in [2.45, 2.75) is 6.42 Å². The first-order chi connectivity index (χ1) is 8.20. The van der Waals surface area contributed by atoms with Crippen LogP contribution in [0.4, 0.5) is 0 Å². The molecule has 4 heteroatoms. The van der Waals surface area contributed by atoms with E-state index in [4.69, 9.17) is 0 Å². The first kappa shape index (κ1) is 11.8. The highest BCUT2D eigenvalue weighted by molar-refractivity contribution is 7.92. The van der Waals surface area contributed by atoms with Crippen LogP contribution in [0, 0.1) is 0 Å². The lowest BCUT2D eigenvalue weighted by atomic mass is 10.1. The predicted octanol–water partition coefficient (Wildman–Crippen LogP) is 2.10. The molecule has 0 amide bonds. The van der Waals surface area contributed by atoms with E-state index in [1.165, 1.54) is 6.07 Å². The molecule has 0 aliphatic heterocycles. The second-order valence-electron chi connectivity index (χ2n) is 3.72. The molecular weight excluding hydrogens is 234 g/mol. The van der Waals surface area contributed by atoms with Crippen molar-refractivity contribution in [1.29, 1.82) is 0 Å². The SMILES string of the molecule is CS[n+]1cccc(Cc2cccc(O)c2O)c1. The summed E-state index contributed by atoms with van der Waals surface area (Å²) in [5.74, 6) is -0.108. The maximum Gasteiger partial charge on any atom is 0.186 e. The van der Waals surface area contributed by atoms with Gasteiger partial charge in [-0.15, -0.1) is 3.97 Å². The largest absolute Gasteiger partial charge is 0.504 e. The lowest BCUT2D eigenvalue weighted by Crippen LogP contribution is -2.23. The molecule has 3 nitrogen and oxygen atoms in total. The Balaban J connectivity index is 2.28. The minimum Gasteiger partial charge on any atom is -0.504 e. The van der Waals surface area contributed by atoms with Gasteiger partial charge in [-0.2, -0.15) is 0 Å². The van der Waals surface area contributed by atoms with Crippen LogP contribution in [-0.2, 0) is 6.42 Å². The molecule has 0 unspecified atom stereocenters. The molecule has 0 aliphatic carbocycles. The summed E-state index contributed by atoms with van der Waals surface area (Å²) >= 11 is 1.61. The molecular formula is C13H14NO2S+. The number of hydrogen-bond acceptors (Lipinski definition) is 3. The van der Waals surface area contributed by atoms with Gasteiger partial charge in [-0.3, -0.25) is 0 Å². The molecule has 0 fully saturated rings. The number of aromatic nitrogens is 1. The van der Waals surface area contributed by atoms with Crippen LogP contribution < -0.4 is 3.97 Å². The van der Waals surface area contributed by atoms with Crippen molar-refractivity contribution in [1.82, 2.24) is 0 Å². The summed E-state index contributed by atoms with van der Waals surface area (Å²) in [6.45, 7) is 0. The van der Waals surface area contributed by atoms with Crippen LogP contribution in [0.1, 0.15) is 11.1 Å². The van der Waals surface area contributed by atoms with Crippen molar-refractivity contribution in [2.75, 3.05) is 6.26 Å². The quantitative estimate of drug-likeness (QED) is 0.646. The summed E-state index contributed by atoms with van der Waals surface area (Å²) in [5, 5.41) is 19.1. The molecule has 0 atom stereocenters. The van der Waals surface area contributed by atoms with Crippen LogP contribution in [0.3, 0.4) is 0 Å². The molecule has 2 aromatic rings. The summed E-state index contributed by atoms with van der Waals surface area (Å²) < 4.78 is 2.00. The molecule has 0 saturated carbocycles. The minimum atomic E-state index is -0.0730. The monoisotopic (exact) mass is 248 g/mol. The number of phenols is 2. The van der Waals surface area contributed by atoms with Crippen LogP contribution in [0.5, 0.6) is 11.5 Å². The molecule has 2 rings (SSSR count). The molecule has 0 radical (unpaired) electrons. The second-order valence-corrected chi connectivity index (χ2v) is 4.50. The van der Waals surface area contributed by atoms with Crippen LogP contribution >= 0.6 is 11.9 Å². The molecule has 1 aromatic carbocycles. The summed E-state index contributed by atoms with van der Waals surface area (Å²) in [7, 11) is 0. The lowest BCUT2D eigenvalue weighted by molar-refractivity contribution is -0.494. The van der Waals surface area contributed by atoms with Gasteiger partial charge in [0.05, 0.1) is 0 Å². The van der Waals surface area contributed by atoms with E-state index in [0.29, 0.717) is 6.42 Å². The molecule has 0 saturated heterocycles. The predicted molar refractivity (Wildman–Crippen MR) is 68.1 cm³/mol. The summed E-state index contributed by atoms with van der Waals surface area (Å²) in [4.78, 5) is 0. The number of nitrogens with zero attached hydrogens (tertiary/aromatic N) is 1. The number of benzene rings is 1. The van der Waals surface area contributed by atoms with Gasteiger partial charge in [-0.1, -0.05) is 12.1 Å². The van der Waals surface area contributed by atoms with E-state index < -0.39 is 0 Å². The van der Waals surface area contributed by atoms with Crippen molar-refractivity contribution in [3.05, 3.63) is 53.9 Å². The van der Waals surface area contributed by atoms with Crippen molar-refractivity contribution < 1.29 is 14.2 Å². The van der Waals surface area contributed by atoms with Gasteiger partial charge in [-0.25, -0.2) is 0 Å². The normalized spacial score (nSPS) is 10.4. The van der Waals surface area contributed by atoms with E-state index in [1.807, 2.05) is 40.8 Å². The van der Waals surface area contributed by atoms with Crippen LogP contribution in [-0.4, -0.2) is 16.5 Å². The highest BCUT2D eigenvalue weighted by atomic mass is 32.2. The zero-order chi connectivity index (χ0) is 12.3. The smallest absolute Gasteiger partial charge is 0.186 e. The first-order valence-corrected chi connectivity index (χ1v) is 6.43. The van der Waals surface area contributed by atoms with Gasteiger partial charge >= 0.3 is 0 Å². The first-order valence-electron chi connectivity index (χ1n) is 5.25. The summed E-state index contributed by atoms with van der Waals surface area (Å²) in [6, 6.07) is 8.98. The Morgan fingerprint density at radius 1 is 1.18 bits per heavy atom. The molecule has 0 bridgehead atoms. The van der Waals surface area contributed by atoms with Crippen LogP contribution in [0.15, 0.2) is 42.7 Å². The van der Waals surface area contributed by atoms with Crippen molar-refractivity contribution >= 4 is 11.9 Å². The zero-order valence-electron chi connectivity index (χ0n) is 9.50. The topological polar surface area (TPSA) is 44.3 Å². The zero-order valence-corrected chi connectivity index (χ0v) is 10.3. The molecule has 0 aliphatic rings. The van der Waals surface area contributed by atoms with Gasteiger partial charge in [0, 0.05) is 29.9 Å². The van der Waals surface area contributed by atoms with Gasteiger partial charge in [0.25, 0.3) is 0 Å². The van der Waals surface area contributed by atoms with Gasteiger partial charge in [0.2, 0.25) is 0 Å². The lowest BCUT2D eigenvalue weighted by Gasteiger charge is -2.05. The Labute approximate surface area is 104 Å². The van der Waals surface area contributed by atoms with E-state index >= 15 is 0 Å². The third kappa shape index (κ3) is 2.71. The Bertz CT molecular complexity index is 529. The molecule has 1 heterocycles. The molecule has 0 spiro atoms. The van der Waals surface area contributed by atoms with E-state index in [2.05, 4.69) is 0 Å². The molecule has 2 N–H and O–H groups in total. The maximum absolute atomic E-state index is 9.72. The number of para-hydroxylation sites is 1. The van der Waals surface area contributed by atoms with E-state index in [0.717, 1.165) is 11.1 Å². The number of phenolic OH excluding ortho intramolecular Hbond substituents is 2. The maximum atomic E-state index is 9.72. The summed E-state index contributed by atoms with van der Waals surface area (Å²) in [6.07, 6.45) is 6.57. The van der Waals surface area contributed by atoms with E-state index in [9.17, 15) is 10.2 Å². The highest BCUT2D eigenvalue weighted by Gasteiger charge is 2.08. The molecule has 88 valence electrons. The molecule has 1 aromatic heterocycles. The van der Waals surface area contributed by atoms with E-state index in [1.54, 1.807) is 18.0 Å². The van der Waals surface area contributed by atoms with Gasteiger partial charge < -0.3 is 10.2 Å². The molecule has 17 heavy (non-hydrogen) atoms. The third-order valence-electron chi connectivity index (χ3n) is 2.54. The number of pyridine rings is 1. The minimum absolute atomic E-state index is 0.0351. The standard InChI is InChI=1S/C13H13NO2S/c1-17-14-7-3-4-10(9-14)8-11-5-2-6-12(15)13(11)16/h2-7,9H,8H2,1H3,(H-,15,16)/p+1. The Kier molecular flexibility index (Phi) is 3.54. The highest BCUT2D eigenvalue weighted by Crippen LogP contribution is 2.29. The Morgan fingerprint density at radius 2 is 2.00 bits per heavy atom. The fourth-order valence-corrected chi connectivity index (χ4v) is 2.09. The van der Waals surface area contributed by atoms with Crippen LogP contribution in [0.2, 0.25) is 0 Å². The van der Waals surface area contributed by atoms with E-state index in [-0.39, 0.29) is 11.5 Å². The number of hydrogen-bond donors (Lipinski definition) is 2. The fraction of sp³-hybridized carbons (Fsp3) is 0.154. The third-order valence-corrected chi connectivity index (χ3v) is 3.19. The van der Waals surface area contributed by atoms with Gasteiger partial charge in [0.1, 0.15) is 0 Å². The summed E-state index contributed by atoms with van der Waals surface area (Å²) in [5.41, 5.74) is 1.81. The van der Waals surface area contributed by atoms with Gasteiger partial charge in [-0.05, 0) is 12.1 Å². The Morgan fingerprint density at radius 3 is 2.76 bits per heavy atom. The Hall–Kier alpha value is -1.68. The van der Waals surface area contributed by atoms with Crippen molar-refractivity contribution in [3.63, 3.8) is 0 Å². The van der Waals surface area contributed by atoms with Crippen LogP contribution in [0.25, 0.3) is 0 Å². The fourth-order valence-electron chi connectivity index (χ4n) is 1.66. The number of aromatic hydroxyl groups is 2. The second kappa shape index (κ2) is 5.10. The average Bonchev–Trinajstić information content (AvgIpc) is 2.35. The number of rotatable bonds is 3. The van der Waals surface area contributed by atoms with Crippen molar-refractivity contribution in [2.24, 2.45) is 0 Å². The average molecular weight is 248 g/mol.